The molecule has 2 rings (SSSR count). The average molecular weight is 275 g/mol. The van der Waals surface area contributed by atoms with Crippen LogP contribution >= 0.6 is 0 Å². The number of amides is 3. The van der Waals surface area contributed by atoms with Crippen LogP contribution in [0.25, 0.3) is 0 Å². The van der Waals surface area contributed by atoms with Crippen molar-refractivity contribution >= 4 is 11.9 Å². The van der Waals surface area contributed by atoms with Gasteiger partial charge in [0.05, 0.1) is 0 Å². The predicted molar refractivity (Wildman–Crippen MR) is 77.1 cm³/mol. The van der Waals surface area contributed by atoms with Crippen molar-refractivity contribution in [3.63, 3.8) is 0 Å². The third kappa shape index (κ3) is 3.73. The summed E-state index contributed by atoms with van der Waals surface area (Å²) in [6.07, 6.45) is 0.832. The fraction of sp³-hybridized carbons (Fsp3) is 0.467. The Morgan fingerprint density at radius 2 is 2.00 bits per heavy atom. The molecule has 1 aromatic carbocycles. The maximum Gasteiger partial charge on any atom is 0.318 e. The molecule has 0 aromatic heterocycles. The Hall–Kier alpha value is -2.04. The number of urea groups is 1. The van der Waals surface area contributed by atoms with Crippen molar-refractivity contribution in [3.8, 4) is 0 Å². The second-order valence-electron chi connectivity index (χ2n) is 4.89. The van der Waals surface area contributed by atoms with Crippen LogP contribution in [0.4, 0.5) is 4.79 Å². The maximum absolute atomic E-state index is 12.1. The van der Waals surface area contributed by atoms with E-state index in [1.54, 1.807) is 9.80 Å². The van der Waals surface area contributed by atoms with E-state index >= 15 is 0 Å². The van der Waals surface area contributed by atoms with Gasteiger partial charge in [0.1, 0.15) is 6.54 Å². The summed E-state index contributed by atoms with van der Waals surface area (Å²) in [6.45, 7) is 4.69. The van der Waals surface area contributed by atoms with E-state index in [1.165, 1.54) is 0 Å². The summed E-state index contributed by atoms with van der Waals surface area (Å²) in [5.41, 5.74) is 1.05. The Morgan fingerprint density at radius 1 is 1.25 bits per heavy atom. The molecule has 0 aliphatic carbocycles. The molecule has 1 aliphatic rings. The Bertz CT molecular complexity index is 461. The van der Waals surface area contributed by atoms with Crippen molar-refractivity contribution < 1.29 is 9.59 Å². The minimum atomic E-state index is -0.167. The molecule has 0 bridgehead atoms. The van der Waals surface area contributed by atoms with E-state index in [9.17, 15) is 9.59 Å². The van der Waals surface area contributed by atoms with Crippen molar-refractivity contribution in [3.05, 3.63) is 35.9 Å². The fourth-order valence-corrected chi connectivity index (χ4v) is 2.31. The third-order valence-electron chi connectivity index (χ3n) is 3.49. The first-order chi connectivity index (χ1) is 9.70. The SMILES string of the molecule is CCN1CCCN(C(=O)NCc2ccccc2)CC1=O. The Kier molecular flexibility index (Phi) is 4.98. The lowest BCUT2D eigenvalue weighted by molar-refractivity contribution is -0.130. The summed E-state index contributed by atoms with van der Waals surface area (Å²) in [7, 11) is 0. The zero-order valence-corrected chi connectivity index (χ0v) is 11.8. The lowest BCUT2D eigenvalue weighted by Gasteiger charge is -2.21. The van der Waals surface area contributed by atoms with Crippen LogP contribution in [0, 0.1) is 0 Å². The minimum absolute atomic E-state index is 0.0276. The average Bonchev–Trinajstić information content (AvgIpc) is 2.67. The van der Waals surface area contributed by atoms with E-state index in [1.807, 2.05) is 37.3 Å². The molecule has 3 amide bonds. The predicted octanol–water partition coefficient (Wildman–Crippen LogP) is 1.45. The number of rotatable bonds is 3. The molecule has 5 nitrogen and oxygen atoms in total. The topological polar surface area (TPSA) is 52.6 Å². The highest BCUT2D eigenvalue weighted by Crippen LogP contribution is 2.05. The van der Waals surface area contributed by atoms with Gasteiger partial charge in [0.15, 0.2) is 0 Å². The van der Waals surface area contributed by atoms with Crippen LogP contribution in [0.3, 0.4) is 0 Å². The summed E-state index contributed by atoms with van der Waals surface area (Å²) >= 11 is 0. The van der Waals surface area contributed by atoms with Crippen LogP contribution in [0.5, 0.6) is 0 Å². The molecule has 1 heterocycles. The largest absolute Gasteiger partial charge is 0.341 e. The van der Waals surface area contributed by atoms with Crippen LogP contribution in [0.2, 0.25) is 0 Å². The lowest BCUT2D eigenvalue weighted by Crippen LogP contribution is -2.43. The van der Waals surface area contributed by atoms with Gasteiger partial charge in [-0.3, -0.25) is 4.79 Å². The number of hydrogen-bond acceptors (Lipinski definition) is 2. The molecule has 0 unspecified atom stereocenters. The van der Waals surface area contributed by atoms with Gasteiger partial charge in [-0.2, -0.15) is 0 Å². The van der Waals surface area contributed by atoms with Crippen molar-refractivity contribution in [2.24, 2.45) is 0 Å². The summed E-state index contributed by atoms with van der Waals surface area (Å²) in [5.74, 6) is 0.0276. The molecule has 0 atom stereocenters. The van der Waals surface area contributed by atoms with Gasteiger partial charge in [-0.15, -0.1) is 0 Å². The Balaban J connectivity index is 1.87. The minimum Gasteiger partial charge on any atom is -0.341 e. The quantitative estimate of drug-likeness (QED) is 0.907. The number of nitrogens with zero attached hydrogens (tertiary/aromatic N) is 2. The number of carbonyl (C=O) groups excluding carboxylic acids is 2. The van der Waals surface area contributed by atoms with Crippen molar-refractivity contribution in [2.75, 3.05) is 26.2 Å². The first-order valence-electron chi connectivity index (χ1n) is 7.05. The molecule has 1 N–H and O–H groups in total. The normalized spacial score (nSPS) is 15.9. The van der Waals surface area contributed by atoms with Crippen molar-refractivity contribution in [1.82, 2.24) is 15.1 Å². The molecule has 0 radical (unpaired) electrons. The summed E-state index contributed by atoms with van der Waals surface area (Å²) in [6, 6.07) is 9.59. The Labute approximate surface area is 119 Å². The van der Waals surface area contributed by atoms with Gasteiger partial charge in [0, 0.05) is 26.2 Å². The maximum atomic E-state index is 12.1. The highest BCUT2D eigenvalue weighted by molar-refractivity contribution is 5.84. The second-order valence-corrected chi connectivity index (χ2v) is 4.89. The lowest BCUT2D eigenvalue weighted by atomic mass is 10.2. The van der Waals surface area contributed by atoms with Crippen LogP contribution in [-0.2, 0) is 11.3 Å². The molecule has 20 heavy (non-hydrogen) atoms. The van der Waals surface area contributed by atoms with Gasteiger partial charge in [-0.05, 0) is 18.9 Å². The molecular formula is C15H21N3O2. The van der Waals surface area contributed by atoms with E-state index in [-0.39, 0.29) is 18.5 Å². The van der Waals surface area contributed by atoms with Gasteiger partial charge in [-0.1, -0.05) is 30.3 Å². The van der Waals surface area contributed by atoms with E-state index in [2.05, 4.69) is 5.32 Å². The van der Waals surface area contributed by atoms with Gasteiger partial charge < -0.3 is 15.1 Å². The standard InChI is InChI=1S/C15H21N3O2/c1-2-17-9-6-10-18(12-14(17)19)15(20)16-11-13-7-4-3-5-8-13/h3-5,7-8H,2,6,9-12H2,1H3,(H,16,20). The molecule has 1 aromatic rings. The summed E-state index contributed by atoms with van der Waals surface area (Å²) in [5, 5.41) is 2.87. The third-order valence-corrected chi connectivity index (χ3v) is 3.49. The van der Waals surface area contributed by atoms with Crippen molar-refractivity contribution in [1.29, 1.82) is 0 Å². The summed E-state index contributed by atoms with van der Waals surface area (Å²) in [4.78, 5) is 27.4. The second kappa shape index (κ2) is 6.93. The molecular weight excluding hydrogens is 254 g/mol. The van der Waals surface area contributed by atoms with Crippen LogP contribution in [-0.4, -0.2) is 47.9 Å². The fourth-order valence-electron chi connectivity index (χ4n) is 2.31. The monoisotopic (exact) mass is 275 g/mol. The number of likely N-dealkylation sites (N-methyl/N-ethyl adjacent to an activating group) is 1. The van der Waals surface area contributed by atoms with E-state index in [0.717, 1.165) is 18.5 Å². The van der Waals surface area contributed by atoms with Gasteiger partial charge in [0.25, 0.3) is 0 Å². The number of benzene rings is 1. The van der Waals surface area contributed by atoms with E-state index in [0.29, 0.717) is 19.6 Å². The zero-order valence-electron chi connectivity index (χ0n) is 11.8. The van der Waals surface area contributed by atoms with E-state index in [4.69, 9.17) is 0 Å². The number of hydrogen-bond donors (Lipinski definition) is 1. The Morgan fingerprint density at radius 3 is 2.70 bits per heavy atom. The smallest absolute Gasteiger partial charge is 0.318 e. The number of nitrogens with one attached hydrogen (secondary N) is 1. The zero-order chi connectivity index (χ0) is 14.4. The van der Waals surface area contributed by atoms with Crippen LogP contribution in [0.1, 0.15) is 18.9 Å². The molecule has 0 spiro atoms. The molecule has 0 saturated carbocycles. The van der Waals surface area contributed by atoms with Gasteiger partial charge >= 0.3 is 6.03 Å². The van der Waals surface area contributed by atoms with Crippen LogP contribution < -0.4 is 5.32 Å². The first kappa shape index (κ1) is 14.4. The highest BCUT2D eigenvalue weighted by atomic mass is 16.2. The number of carbonyl (C=O) groups is 2. The molecule has 5 heteroatoms. The molecule has 1 saturated heterocycles. The highest BCUT2D eigenvalue weighted by Gasteiger charge is 2.23. The first-order valence-corrected chi connectivity index (χ1v) is 7.05. The van der Waals surface area contributed by atoms with Gasteiger partial charge in [0.2, 0.25) is 5.91 Å². The van der Waals surface area contributed by atoms with Gasteiger partial charge in [-0.25, -0.2) is 4.79 Å². The summed E-state index contributed by atoms with van der Waals surface area (Å²) < 4.78 is 0. The molecule has 108 valence electrons. The molecule has 1 aliphatic heterocycles. The van der Waals surface area contributed by atoms with E-state index < -0.39 is 0 Å². The van der Waals surface area contributed by atoms with Crippen LogP contribution in [0.15, 0.2) is 30.3 Å². The van der Waals surface area contributed by atoms with Crippen molar-refractivity contribution in [2.45, 2.75) is 19.9 Å². The molecule has 1 fully saturated rings.